The predicted molar refractivity (Wildman–Crippen MR) is 140 cm³/mol. The molecule has 8 heteroatoms. The number of anilines is 1. The summed E-state index contributed by atoms with van der Waals surface area (Å²) in [6.45, 7) is 11.1. The van der Waals surface area contributed by atoms with Gasteiger partial charge in [-0.2, -0.15) is 9.78 Å². The minimum absolute atomic E-state index is 0.118. The normalized spacial score (nSPS) is 12.5. The van der Waals surface area contributed by atoms with E-state index >= 15 is 0 Å². The van der Waals surface area contributed by atoms with Gasteiger partial charge in [0.2, 0.25) is 11.8 Å². The van der Waals surface area contributed by atoms with Crippen molar-refractivity contribution in [1.29, 1.82) is 0 Å². The predicted octanol–water partition coefficient (Wildman–Crippen LogP) is 5.22. The van der Waals surface area contributed by atoms with Crippen molar-refractivity contribution >= 4 is 23.6 Å². The molecule has 1 heterocycles. The van der Waals surface area contributed by atoms with Crippen molar-refractivity contribution in [1.82, 2.24) is 15.1 Å². The fourth-order valence-corrected chi connectivity index (χ4v) is 3.36. The average Bonchev–Trinajstić information content (AvgIpc) is 3.29. The van der Waals surface area contributed by atoms with Crippen LogP contribution >= 0.6 is 0 Å². The van der Waals surface area contributed by atoms with E-state index in [4.69, 9.17) is 4.74 Å². The minimum atomic E-state index is -0.615. The summed E-state index contributed by atoms with van der Waals surface area (Å²) in [6.07, 6.45) is 2.63. The first-order chi connectivity index (χ1) is 16.8. The number of carbonyl (C=O) groups excluding carboxylic acids is 3. The third-order valence-corrected chi connectivity index (χ3v) is 5.32. The molecule has 0 bridgehead atoms. The van der Waals surface area contributed by atoms with Crippen molar-refractivity contribution in [2.45, 2.75) is 53.1 Å². The van der Waals surface area contributed by atoms with Crippen LogP contribution in [0.3, 0.4) is 0 Å². The summed E-state index contributed by atoms with van der Waals surface area (Å²) in [7, 11) is 0. The van der Waals surface area contributed by atoms with Gasteiger partial charge in [-0.25, -0.2) is 4.79 Å². The van der Waals surface area contributed by atoms with Crippen molar-refractivity contribution < 1.29 is 19.1 Å². The summed E-state index contributed by atoms with van der Waals surface area (Å²) < 4.78 is 6.49. The highest BCUT2D eigenvalue weighted by molar-refractivity contribution is 5.96. The third-order valence-electron chi connectivity index (χ3n) is 5.32. The lowest BCUT2D eigenvalue weighted by atomic mass is 9.94. The first-order valence-electron chi connectivity index (χ1n) is 11.9. The van der Waals surface area contributed by atoms with Crippen molar-refractivity contribution in [2.24, 2.45) is 5.41 Å². The summed E-state index contributed by atoms with van der Waals surface area (Å²) in [4.78, 5) is 37.8. The molecule has 2 amide bonds. The number of rotatable bonds is 6. The lowest BCUT2D eigenvalue weighted by molar-refractivity contribution is -0.128. The fourth-order valence-electron chi connectivity index (χ4n) is 3.36. The quantitative estimate of drug-likeness (QED) is 0.493. The van der Waals surface area contributed by atoms with Crippen molar-refractivity contribution in [2.75, 3.05) is 11.9 Å². The van der Waals surface area contributed by atoms with Crippen LogP contribution in [0.2, 0.25) is 0 Å². The van der Waals surface area contributed by atoms with Gasteiger partial charge in [0, 0.05) is 29.4 Å². The smallest absolute Gasteiger partial charge is 0.435 e. The number of nitrogens with one attached hydrogen (secondary N) is 2. The van der Waals surface area contributed by atoms with Crippen LogP contribution in [-0.4, -0.2) is 39.8 Å². The van der Waals surface area contributed by atoms with Gasteiger partial charge in [-0.05, 0) is 44.0 Å². The zero-order valence-electron chi connectivity index (χ0n) is 21.7. The second kappa shape index (κ2) is 10.8. The van der Waals surface area contributed by atoms with E-state index < -0.39 is 23.0 Å². The molecule has 0 aliphatic rings. The lowest BCUT2D eigenvalue weighted by Gasteiger charge is -2.22. The monoisotopic (exact) mass is 490 g/mol. The Kier molecular flexibility index (Phi) is 7.97. The molecular formula is C28H34N4O4. The van der Waals surface area contributed by atoms with Crippen LogP contribution < -0.4 is 10.6 Å². The highest BCUT2D eigenvalue weighted by atomic mass is 16.6. The van der Waals surface area contributed by atoms with Gasteiger partial charge in [0.25, 0.3) is 0 Å². The highest BCUT2D eigenvalue weighted by Gasteiger charge is 2.26. The molecule has 190 valence electrons. The number of benzene rings is 2. The molecule has 2 aromatic carbocycles. The highest BCUT2D eigenvalue weighted by Crippen LogP contribution is 2.23. The number of ether oxygens (including phenoxy) is 1. The summed E-state index contributed by atoms with van der Waals surface area (Å²) >= 11 is 0. The lowest BCUT2D eigenvalue weighted by Crippen LogP contribution is -2.39. The van der Waals surface area contributed by atoms with Gasteiger partial charge in [0.15, 0.2) is 0 Å². The molecule has 2 N–H and O–H groups in total. The van der Waals surface area contributed by atoms with E-state index in [1.807, 2.05) is 63.2 Å². The van der Waals surface area contributed by atoms with Crippen LogP contribution in [0, 0.1) is 5.41 Å². The maximum atomic E-state index is 13.2. The Morgan fingerprint density at radius 3 is 2.14 bits per heavy atom. The molecule has 0 aliphatic heterocycles. The third kappa shape index (κ3) is 7.28. The Balaban J connectivity index is 1.71. The first kappa shape index (κ1) is 26.7. The van der Waals surface area contributed by atoms with Crippen molar-refractivity contribution in [3.63, 3.8) is 0 Å². The van der Waals surface area contributed by atoms with Crippen LogP contribution in [0.25, 0.3) is 11.1 Å². The number of aromatic nitrogens is 2. The van der Waals surface area contributed by atoms with E-state index in [0.29, 0.717) is 5.69 Å². The Hall–Kier alpha value is -3.94. The molecule has 0 radical (unpaired) electrons. The summed E-state index contributed by atoms with van der Waals surface area (Å²) in [5.74, 6) is -0.891. The Bertz CT molecular complexity index is 1200. The number of carbonyl (C=O) groups is 3. The fraction of sp³-hybridized carbons (Fsp3) is 0.357. The largest absolute Gasteiger partial charge is 0.442 e. The van der Waals surface area contributed by atoms with Crippen molar-refractivity contribution in [3.8, 4) is 11.1 Å². The van der Waals surface area contributed by atoms with Crippen LogP contribution in [-0.2, 0) is 14.3 Å². The molecular weight excluding hydrogens is 456 g/mol. The topological polar surface area (TPSA) is 102 Å². The van der Waals surface area contributed by atoms with Crippen LogP contribution in [0.4, 0.5) is 10.5 Å². The van der Waals surface area contributed by atoms with Crippen molar-refractivity contribution in [3.05, 3.63) is 72.6 Å². The summed E-state index contributed by atoms with van der Waals surface area (Å²) in [5, 5.41) is 9.94. The maximum absolute atomic E-state index is 13.2. The Labute approximate surface area is 212 Å². The molecule has 0 saturated heterocycles. The van der Waals surface area contributed by atoms with Crippen LogP contribution in [0.1, 0.15) is 53.0 Å². The Morgan fingerprint density at radius 1 is 0.917 bits per heavy atom. The van der Waals surface area contributed by atoms with Gasteiger partial charge < -0.3 is 15.4 Å². The van der Waals surface area contributed by atoms with E-state index in [2.05, 4.69) is 15.7 Å². The van der Waals surface area contributed by atoms with Gasteiger partial charge in [-0.1, -0.05) is 63.2 Å². The molecule has 1 unspecified atom stereocenters. The molecule has 3 aromatic rings. The van der Waals surface area contributed by atoms with Gasteiger partial charge in [0.05, 0.1) is 12.1 Å². The Morgan fingerprint density at radius 2 is 1.56 bits per heavy atom. The maximum Gasteiger partial charge on any atom is 0.435 e. The zero-order chi connectivity index (χ0) is 26.5. The molecule has 1 atom stereocenters. The molecule has 0 spiro atoms. The summed E-state index contributed by atoms with van der Waals surface area (Å²) in [6, 6.07) is 16.6. The van der Waals surface area contributed by atoms with Gasteiger partial charge in [0.1, 0.15) is 5.60 Å². The standard InChI is InChI=1S/C28H34N4O4/c1-27(2,3)25(34)29-17-23(20-10-8-7-9-11-20)24(33)31-22-14-12-19(13-15-22)21-16-30-32(18-21)26(35)36-28(4,5)6/h7-16,18,23H,17H2,1-6H3,(H,29,34)(H,31,33). The number of nitrogens with zero attached hydrogens (tertiary/aromatic N) is 2. The van der Waals surface area contributed by atoms with E-state index in [9.17, 15) is 14.4 Å². The molecule has 8 nitrogen and oxygen atoms in total. The number of amides is 2. The van der Waals surface area contributed by atoms with Gasteiger partial charge in [-0.15, -0.1) is 0 Å². The average molecular weight is 491 g/mol. The van der Waals surface area contributed by atoms with E-state index in [-0.39, 0.29) is 18.4 Å². The molecule has 1 aromatic heterocycles. The SMILES string of the molecule is CC(C)(C)OC(=O)n1cc(-c2ccc(NC(=O)C(CNC(=O)C(C)(C)C)c3ccccc3)cc2)cn1. The second-order valence-electron chi connectivity index (χ2n) is 10.6. The zero-order valence-corrected chi connectivity index (χ0v) is 21.7. The van der Waals surface area contributed by atoms with E-state index in [1.165, 1.54) is 0 Å². The molecule has 0 aliphatic carbocycles. The van der Waals surface area contributed by atoms with E-state index in [0.717, 1.165) is 21.4 Å². The molecule has 0 saturated carbocycles. The number of hydrogen-bond acceptors (Lipinski definition) is 5. The molecule has 0 fully saturated rings. The summed E-state index contributed by atoms with van der Waals surface area (Å²) in [5.41, 5.74) is 1.84. The van der Waals surface area contributed by atoms with Crippen LogP contribution in [0.15, 0.2) is 67.0 Å². The second-order valence-corrected chi connectivity index (χ2v) is 10.6. The molecule has 36 heavy (non-hydrogen) atoms. The molecule has 3 rings (SSSR count). The van der Waals surface area contributed by atoms with Gasteiger partial charge >= 0.3 is 6.09 Å². The van der Waals surface area contributed by atoms with Crippen LogP contribution in [0.5, 0.6) is 0 Å². The minimum Gasteiger partial charge on any atom is -0.442 e. The van der Waals surface area contributed by atoms with E-state index in [1.54, 1.807) is 45.3 Å². The van der Waals surface area contributed by atoms with Gasteiger partial charge in [-0.3, -0.25) is 9.59 Å². The first-order valence-corrected chi connectivity index (χ1v) is 11.9. The number of hydrogen-bond donors (Lipinski definition) is 2.